The molecule has 1 N–H and O–H groups in total. The highest BCUT2D eigenvalue weighted by Gasteiger charge is 2.27. The van der Waals surface area contributed by atoms with Gasteiger partial charge in [-0.3, -0.25) is 10.1 Å². The third kappa shape index (κ3) is 2.91. The van der Waals surface area contributed by atoms with E-state index < -0.39 is 14.9 Å². The number of aryl methyl sites for hydroxylation is 1. The first kappa shape index (κ1) is 16.4. The zero-order chi connectivity index (χ0) is 15.5. The van der Waals surface area contributed by atoms with Gasteiger partial charge in [0, 0.05) is 26.2 Å². The highest BCUT2D eigenvalue weighted by Crippen LogP contribution is 2.31. The summed E-state index contributed by atoms with van der Waals surface area (Å²) >= 11 is 0. The minimum absolute atomic E-state index is 0.0214. The Morgan fingerprint density at radius 3 is 2.25 bits per heavy atom. The third-order valence-electron chi connectivity index (χ3n) is 3.08. The Labute approximate surface area is 118 Å². The molecule has 1 rings (SSSR count). The topological polar surface area (TPSA) is 92.5 Å². The van der Waals surface area contributed by atoms with Gasteiger partial charge in [-0.15, -0.1) is 0 Å². The van der Waals surface area contributed by atoms with Crippen LogP contribution in [0.5, 0.6) is 0 Å². The lowest BCUT2D eigenvalue weighted by Crippen LogP contribution is -2.31. The van der Waals surface area contributed by atoms with E-state index in [0.717, 1.165) is 6.07 Å². The summed E-state index contributed by atoms with van der Waals surface area (Å²) < 4.78 is 26.2. The molecular formula is C12H19N3O4S. The van der Waals surface area contributed by atoms with E-state index in [1.807, 2.05) is 0 Å². The first-order valence-corrected chi connectivity index (χ1v) is 7.70. The normalized spacial score (nSPS) is 11.7. The molecule has 20 heavy (non-hydrogen) atoms. The molecule has 0 bridgehead atoms. The smallest absolute Gasteiger partial charge is 0.293 e. The summed E-state index contributed by atoms with van der Waals surface area (Å²) in [4.78, 5) is 10.4. The summed E-state index contributed by atoms with van der Waals surface area (Å²) in [6.45, 7) is 5.72. The number of rotatable bonds is 6. The van der Waals surface area contributed by atoms with Crippen molar-refractivity contribution in [1.29, 1.82) is 0 Å². The van der Waals surface area contributed by atoms with E-state index in [2.05, 4.69) is 5.32 Å². The summed E-state index contributed by atoms with van der Waals surface area (Å²) in [5.74, 6) is 0. The van der Waals surface area contributed by atoms with Crippen LogP contribution in [0.2, 0.25) is 0 Å². The third-order valence-corrected chi connectivity index (χ3v) is 5.27. The highest BCUT2D eigenvalue weighted by molar-refractivity contribution is 7.89. The molecule has 7 nitrogen and oxygen atoms in total. The van der Waals surface area contributed by atoms with E-state index in [0.29, 0.717) is 24.3 Å². The van der Waals surface area contributed by atoms with Gasteiger partial charge in [-0.2, -0.15) is 4.31 Å². The first-order chi connectivity index (χ1) is 9.29. The number of nitrogens with zero attached hydrogens (tertiary/aromatic N) is 2. The molecule has 0 aliphatic rings. The van der Waals surface area contributed by atoms with Crippen molar-refractivity contribution < 1.29 is 13.3 Å². The Balaban J connectivity index is 3.54. The predicted octanol–water partition coefficient (Wildman–Crippen LogP) is 1.98. The maximum atomic E-state index is 12.5. The zero-order valence-corrected chi connectivity index (χ0v) is 12.8. The average Bonchev–Trinajstić information content (AvgIpc) is 2.38. The molecule has 0 fully saturated rings. The fourth-order valence-corrected chi connectivity index (χ4v) is 3.69. The van der Waals surface area contributed by atoms with Crippen molar-refractivity contribution in [2.24, 2.45) is 0 Å². The van der Waals surface area contributed by atoms with E-state index in [-0.39, 0.29) is 10.6 Å². The van der Waals surface area contributed by atoms with E-state index in [1.165, 1.54) is 10.4 Å². The molecule has 0 atom stereocenters. The lowest BCUT2D eigenvalue weighted by molar-refractivity contribution is -0.384. The van der Waals surface area contributed by atoms with Crippen molar-refractivity contribution >= 4 is 21.4 Å². The van der Waals surface area contributed by atoms with Gasteiger partial charge in [0.15, 0.2) is 0 Å². The molecule has 8 heteroatoms. The van der Waals surface area contributed by atoms with Gasteiger partial charge in [0.25, 0.3) is 5.69 Å². The monoisotopic (exact) mass is 301 g/mol. The standard InChI is InChI=1S/C12H19N3O4S/c1-5-14(6-2)20(18,19)12-8-11(15(16)17)10(13-4)7-9(12)3/h7-8,13H,5-6H2,1-4H3. The molecule has 112 valence electrons. The van der Waals surface area contributed by atoms with Crippen LogP contribution >= 0.6 is 0 Å². The lowest BCUT2D eigenvalue weighted by atomic mass is 10.2. The van der Waals surface area contributed by atoms with Crippen molar-refractivity contribution in [1.82, 2.24) is 4.31 Å². The number of hydrogen-bond donors (Lipinski definition) is 1. The summed E-state index contributed by atoms with van der Waals surface area (Å²) in [6.07, 6.45) is 0. The predicted molar refractivity (Wildman–Crippen MR) is 77.5 cm³/mol. The fraction of sp³-hybridized carbons (Fsp3) is 0.500. The van der Waals surface area contributed by atoms with Crippen molar-refractivity contribution in [3.05, 3.63) is 27.8 Å². The van der Waals surface area contributed by atoms with Gasteiger partial charge in [-0.1, -0.05) is 13.8 Å². The van der Waals surface area contributed by atoms with Crippen LogP contribution in [-0.2, 0) is 10.0 Å². The van der Waals surface area contributed by atoms with Crippen LogP contribution < -0.4 is 5.32 Å². The van der Waals surface area contributed by atoms with Crippen LogP contribution in [-0.4, -0.2) is 37.8 Å². The van der Waals surface area contributed by atoms with Crippen LogP contribution in [0.4, 0.5) is 11.4 Å². The second kappa shape index (κ2) is 6.19. The van der Waals surface area contributed by atoms with Gasteiger partial charge in [0.05, 0.1) is 9.82 Å². The summed E-state index contributed by atoms with van der Waals surface area (Å²) in [7, 11) is -2.16. The second-order valence-electron chi connectivity index (χ2n) is 4.23. The molecule has 0 heterocycles. The van der Waals surface area contributed by atoms with Crippen molar-refractivity contribution in [2.75, 3.05) is 25.5 Å². The maximum Gasteiger partial charge on any atom is 0.293 e. The number of anilines is 1. The summed E-state index contributed by atoms with van der Waals surface area (Å²) in [5.41, 5.74) is 0.529. The van der Waals surface area contributed by atoms with Crippen LogP contribution in [0.1, 0.15) is 19.4 Å². The molecule has 0 saturated carbocycles. The maximum absolute atomic E-state index is 12.5. The Hall–Kier alpha value is -1.67. The van der Waals surface area contributed by atoms with Crippen molar-refractivity contribution in [2.45, 2.75) is 25.7 Å². The van der Waals surface area contributed by atoms with Crippen LogP contribution in [0.15, 0.2) is 17.0 Å². The average molecular weight is 301 g/mol. The molecule has 1 aromatic carbocycles. The minimum atomic E-state index is -3.71. The number of nitro benzene ring substituents is 1. The highest BCUT2D eigenvalue weighted by atomic mass is 32.2. The molecule has 0 saturated heterocycles. The SMILES string of the molecule is CCN(CC)S(=O)(=O)c1cc([N+](=O)[O-])c(NC)cc1C. The summed E-state index contributed by atoms with van der Waals surface area (Å²) in [6, 6.07) is 2.60. The van der Waals surface area contributed by atoms with Gasteiger partial charge < -0.3 is 5.32 Å². The Morgan fingerprint density at radius 1 is 1.30 bits per heavy atom. The Bertz CT molecular complexity index is 609. The van der Waals surface area contributed by atoms with Crippen LogP contribution in [0.3, 0.4) is 0 Å². The fourth-order valence-electron chi connectivity index (χ4n) is 2.01. The first-order valence-electron chi connectivity index (χ1n) is 6.26. The van der Waals surface area contributed by atoms with Crippen molar-refractivity contribution in [3.8, 4) is 0 Å². The molecule has 0 unspecified atom stereocenters. The van der Waals surface area contributed by atoms with Gasteiger partial charge in [0.1, 0.15) is 5.69 Å². The quantitative estimate of drug-likeness (QED) is 0.640. The molecule has 1 aromatic rings. The molecule has 0 aromatic heterocycles. The van der Waals surface area contributed by atoms with Gasteiger partial charge >= 0.3 is 0 Å². The minimum Gasteiger partial charge on any atom is -0.383 e. The molecular weight excluding hydrogens is 282 g/mol. The summed E-state index contributed by atoms with van der Waals surface area (Å²) in [5, 5.41) is 13.7. The number of hydrogen-bond acceptors (Lipinski definition) is 5. The molecule has 0 aliphatic heterocycles. The molecule has 0 aliphatic carbocycles. The van der Waals surface area contributed by atoms with Crippen LogP contribution in [0, 0.1) is 17.0 Å². The molecule has 0 spiro atoms. The lowest BCUT2D eigenvalue weighted by Gasteiger charge is -2.20. The van der Waals surface area contributed by atoms with Crippen LogP contribution in [0.25, 0.3) is 0 Å². The Morgan fingerprint density at radius 2 is 1.85 bits per heavy atom. The van der Waals surface area contributed by atoms with E-state index in [4.69, 9.17) is 0 Å². The Kier molecular flexibility index (Phi) is 5.07. The van der Waals surface area contributed by atoms with Crippen molar-refractivity contribution in [3.63, 3.8) is 0 Å². The van der Waals surface area contributed by atoms with E-state index in [1.54, 1.807) is 27.8 Å². The van der Waals surface area contributed by atoms with Gasteiger partial charge in [-0.05, 0) is 18.6 Å². The molecule has 0 amide bonds. The number of benzene rings is 1. The number of nitro groups is 1. The van der Waals surface area contributed by atoms with Gasteiger partial charge in [0.2, 0.25) is 10.0 Å². The number of sulfonamides is 1. The molecule has 0 radical (unpaired) electrons. The second-order valence-corrected chi connectivity index (χ2v) is 6.14. The zero-order valence-electron chi connectivity index (χ0n) is 12.0. The van der Waals surface area contributed by atoms with Gasteiger partial charge in [-0.25, -0.2) is 8.42 Å². The number of nitrogens with one attached hydrogen (secondary N) is 1. The van der Waals surface area contributed by atoms with E-state index >= 15 is 0 Å². The van der Waals surface area contributed by atoms with E-state index in [9.17, 15) is 18.5 Å². The largest absolute Gasteiger partial charge is 0.383 e.